The van der Waals surface area contributed by atoms with Gasteiger partial charge in [-0.3, -0.25) is 4.79 Å². The summed E-state index contributed by atoms with van der Waals surface area (Å²) in [5.41, 5.74) is 7.66. The fourth-order valence-corrected chi connectivity index (χ4v) is 2.07. The lowest BCUT2D eigenvalue weighted by Gasteiger charge is -2.07. The number of hydrogen-bond acceptors (Lipinski definition) is 2. The quantitative estimate of drug-likeness (QED) is 0.832. The Morgan fingerprint density at radius 2 is 2.06 bits per heavy atom. The van der Waals surface area contributed by atoms with Crippen molar-refractivity contribution in [1.29, 1.82) is 0 Å². The van der Waals surface area contributed by atoms with Gasteiger partial charge in [-0.15, -0.1) is 0 Å². The fraction of sp³-hybridized carbons (Fsp3) is 0.154. The largest absolute Gasteiger partial charge is 0.397 e. The van der Waals surface area contributed by atoms with Gasteiger partial charge >= 0.3 is 0 Å². The zero-order valence-electron chi connectivity index (χ0n) is 9.98. The molecular weight excluding hydrogens is 341 g/mol. The van der Waals surface area contributed by atoms with E-state index in [2.05, 4.69) is 27.9 Å². The standard InChI is InChI=1S/C13H14IN3O/c1-2-17-8-10(15)7-12(17)13(18)16-11-5-3-9(14)4-6-11/h3-8H,2,15H2,1H3,(H,16,18). The average Bonchev–Trinajstić information content (AvgIpc) is 2.73. The zero-order chi connectivity index (χ0) is 13.1. The average molecular weight is 355 g/mol. The molecule has 1 aromatic carbocycles. The first-order valence-electron chi connectivity index (χ1n) is 5.62. The molecule has 0 aliphatic heterocycles. The van der Waals surface area contributed by atoms with Crippen LogP contribution < -0.4 is 11.1 Å². The van der Waals surface area contributed by atoms with E-state index in [-0.39, 0.29) is 5.91 Å². The van der Waals surface area contributed by atoms with Gasteiger partial charge in [0.25, 0.3) is 5.91 Å². The molecule has 0 bridgehead atoms. The number of halogens is 1. The maximum atomic E-state index is 12.1. The molecular formula is C13H14IN3O. The highest BCUT2D eigenvalue weighted by Crippen LogP contribution is 2.15. The van der Waals surface area contributed by atoms with Gasteiger partial charge in [0.1, 0.15) is 5.69 Å². The molecule has 5 heteroatoms. The second-order valence-corrected chi connectivity index (χ2v) is 5.15. The van der Waals surface area contributed by atoms with E-state index in [1.54, 1.807) is 12.3 Å². The van der Waals surface area contributed by atoms with Crippen molar-refractivity contribution in [3.05, 3.63) is 45.8 Å². The first kappa shape index (κ1) is 12.9. The van der Waals surface area contributed by atoms with Crippen LogP contribution in [0.15, 0.2) is 36.5 Å². The SMILES string of the molecule is CCn1cc(N)cc1C(=O)Nc1ccc(I)cc1. The molecule has 3 N–H and O–H groups in total. The van der Waals surface area contributed by atoms with E-state index in [9.17, 15) is 4.79 Å². The Balaban J connectivity index is 2.19. The molecule has 0 saturated carbocycles. The normalized spacial score (nSPS) is 10.3. The number of aromatic nitrogens is 1. The number of nitrogens with zero attached hydrogens (tertiary/aromatic N) is 1. The molecule has 0 fully saturated rings. The van der Waals surface area contributed by atoms with Crippen LogP contribution in [0.5, 0.6) is 0 Å². The Morgan fingerprint density at radius 3 is 2.67 bits per heavy atom. The minimum Gasteiger partial charge on any atom is -0.397 e. The van der Waals surface area contributed by atoms with E-state index in [0.717, 1.165) is 9.26 Å². The lowest BCUT2D eigenvalue weighted by molar-refractivity contribution is 0.101. The van der Waals surface area contributed by atoms with Gasteiger partial charge in [-0.05, 0) is 59.8 Å². The summed E-state index contributed by atoms with van der Waals surface area (Å²) >= 11 is 2.22. The molecule has 0 atom stereocenters. The van der Waals surface area contributed by atoms with Gasteiger partial charge in [0.05, 0.1) is 5.69 Å². The van der Waals surface area contributed by atoms with Crippen molar-refractivity contribution in [1.82, 2.24) is 4.57 Å². The zero-order valence-corrected chi connectivity index (χ0v) is 12.1. The molecule has 1 heterocycles. The third-order valence-electron chi connectivity index (χ3n) is 2.59. The van der Waals surface area contributed by atoms with Crippen molar-refractivity contribution >= 4 is 39.9 Å². The van der Waals surface area contributed by atoms with Crippen LogP contribution in [0.3, 0.4) is 0 Å². The second-order valence-electron chi connectivity index (χ2n) is 3.91. The van der Waals surface area contributed by atoms with Crippen molar-refractivity contribution in [3.8, 4) is 0 Å². The number of carbonyl (C=O) groups is 1. The van der Waals surface area contributed by atoms with Gasteiger partial charge in [0.2, 0.25) is 0 Å². The van der Waals surface area contributed by atoms with E-state index in [1.807, 2.05) is 35.8 Å². The molecule has 2 rings (SSSR count). The molecule has 1 aromatic heterocycles. The summed E-state index contributed by atoms with van der Waals surface area (Å²) < 4.78 is 2.96. The van der Waals surface area contributed by atoms with Gasteiger partial charge in [0.15, 0.2) is 0 Å². The maximum absolute atomic E-state index is 12.1. The first-order valence-corrected chi connectivity index (χ1v) is 6.70. The van der Waals surface area contributed by atoms with Crippen LogP contribution >= 0.6 is 22.6 Å². The second kappa shape index (κ2) is 5.43. The highest BCUT2D eigenvalue weighted by atomic mass is 127. The van der Waals surface area contributed by atoms with Crippen LogP contribution in [-0.4, -0.2) is 10.5 Å². The molecule has 1 amide bonds. The summed E-state index contributed by atoms with van der Waals surface area (Å²) in [6.45, 7) is 2.69. The predicted molar refractivity (Wildman–Crippen MR) is 81.6 cm³/mol. The fourth-order valence-electron chi connectivity index (χ4n) is 1.71. The van der Waals surface area contributed by atoms with Crippen LogP contribution in [0.4, 0.5) is 11.4 Å². The third kappa shape index (κ3) is 2.84. The third-order valence-corrected chi connectivity index (χ3v) is 3.31. The van der Waals surface area contributed by atoms with E-state index in [1.165, 1.54) is 0 Å². The number of nitrogens with one attached hydrogen (secondary N) is 1. The lowest BCUT2D eigenvalue weighted by atomic mass is 10.3. The van der Waals surface area contributed by atoms with Gasteiger partial charge in [-0.25, -0.2) is 0 Å². The first-order chi connectivity index (χ1) is 8.60. The van der Waals surface area contributed by atoms with Crippen molar-refractivity contribution < 1.29 is 4.79 Å². The molecule has 4 nitrogen and oxygen atoms in total. The molecule has 0 aliphatic rings. The minimum atomic E-state index is -0.144. The number of aryl methyl sites for hydroxylation is 1. The number of carbonyl (C=O) groups excluding carboxylic acids is 1. The monoisotopic (exact) mass is 355 g/mol. The number of nitrogen functional groups attached to an aromatic ring is 1. The summed E-state index contributed by atoms with van der Waals surface area (Å²) in [7, 11) is 0. The predicted octanol–water partition coefficient (Wildman–Crippen LogP) is 2.95. The number of anilines is 2. The molecule has 94 valence electrons. The summed E-state index contributed by atoms with van der Waals surface area (Å²) in [6.07, 6.45) is 1.77. The van der Waals surface area contributed by atoms with Crippen LogP contribution in [-0.2, 0) is 6.54 Å². The maximum Gasteiger partial charge on any atom is 0.272 e. The molecule has 0 radical (unpaired) electrons. The van der Waals surface area contributed by atoms with E-state index >= 15 is 0 Å². The highest BCUT2D eigenvalue weighted by molar-refractivity contribution is 14.1. The molecule has 0 unspecified atom stereocenters. The summed E-state index contributed by atoms with van der Waals surface area (Å²) in [5.74, 6) is -0.144. The number of amides is 1. The smallest absolute Gasteiger partial charge is 0.272 e. The van der Waals surface area contributed by atoms with E-state index < -0.39 is 0 Å². The minimum absolute atomic E-state index is 0.144. The molecule has 0 aliphatic carbocycles. The van der Waals surface area contributed by atoms with Gasteiger partial charge in [0, 0.05) is 22.0 Å². The summed E-state index contributed by atoms with van der Waals surface area (Å²) in [5, 5.41) is 2.85. The van der Waals surface area contributed by atoms with Gasteiger partial charge in [-0.1, -0.05) is 0 Å². The van der Waals surface area contributed by atoms with E-state index in [4.69, 9.17) is 5.73 Å². The number of hydrogen-bond donors (Lipinski definition) is 2. The Hall–Kier alpha value is -1.50. The number of rotatable bonds is 3. The van der Waals surface area contributed by atoms with Crippen LogP contribution in [0, 0.1) is 3.57 Å². The molecule has 2 aromatic rings. The van der Waals surface area contributed by atoms with E-state index in [0.29, 0.717) is 17.9 Å². The Kier molecular flexibility index (Phi) is 3.90. The number of nitrogens with two attached hydrogens (primary N) is 1. The lowest BCUT2D eigenvalue weighted by Crippen LogP contribution is -2.16. The Bertz CT molecular complexity index is 560. The van der Waals surface area contributed by atoms with Crippen molar-refractivity contribution in [2.75, 3.05) is 11.1 Å². The van der Waals surface area contributed by atoms with Crippen molar-refractivity contribution in [2.24, 2.45) is 0 Å². The molecule has 18 heavy (non-hydrogen) atoms. The molecule has 0 saturated heterocycles. The topological polar surface area (TPSA) is 60.0 Å². The van der Waals surface area contributed by atoms with Gasteiger partial charge in [-0.2, -0.15) is 0 Å². The summed E-state index contributed by atoms with van der Waals surface area (Å²) in [4.78, 5) is 12.1. The molecule has 0 spiro atoms. The Morgan fingerprint density at radius 1 is 1.39 bits per heavy atom. The Labute approximate surface area is 119 Å². The van der Waals surface area contributed by atoms with Crippen LogP contribution in [0.2, 0.25) is 0 Å². The number of benzene rings is 1. The van der Waals surface area contributed by atoms with Crippen LogP contribution in [0.1, 0.15) is 17.4 Å². The van der Waals surface area contributed by atoms with Crippen molar-refractivity contribution in [3.63, 3.8) is 0 Å². The van der Waals surface area contributed by atoms with Crippen LogP contribution in [0.25, 0.3) is 0 Å². The highest BCUT2D eigenvalue weighted by Gasteiger charge is 2.12. The van der Waals surface area contributed by atoms with Gasteiger partial charge < -0.3 is 15.6 Å². The van der Waals surface area contributed by atoms with Crippen molar-refractivity contribution in [2.45, 2.75) is 13.5 Å². The summed E-state index contributed by atoms with van der Waals surface area (Å²) in [6, 6.07) is 9.34.